The molecule has 0 heterocycles. The average molecular weight is 892 g/mol. The van der Waals surface area contributed by atoms with Gasteiger partial charge < -0.3 is 30.4 Å². The number of halogens is 1. The molecular formula is C47H59FN3O11P. The van der Waals surface area contributed by atoms with Gasteiger partial charge in [0.25, 0.3) is 0 Å². The molecule has 63 heavy (non-hydrogen) atoms. The molecule has 340 valence electrons. The number of hydrogen-bond acceptors (Lipinski definition) is 11. The highest BCUT2D eigenvalue weighted by molar-refractivity contribution is 7.48. The summed E-state index contributed by atoms with van der Waals surface area (Å²) in [5.41, 5.74) is 9.15. The van der Waals surface area contributed by atoms with Crippen molar-refractivity contribution in [3.8, 4) is 16.9 Å². The highest BCUT2D eigenvalue weighted by Gasteiger charge is 2.34. The predicted molar refractivity (Wildman–Crippen MR) is 236 cm³/mol. The lowest BCUT2D eigenvalue weighted by atomic mass is 9.96. The molecule has 3 atom stereocenters. The van der Waals surface area contributed by atoms with Crippen LogP contribution in [0.15, 0.2) is 92.0 Å². The van der Waals surface area contributed by atoms with Crippen molar-refractivity contribution in [3.63, 3.8) is 0 Å². The van der Waals surface area contributed by atoms with Crippen molar-refractivity contribution in [2.75, 3.05) is 19.8 Å². The molecular weight excluding hydrogens is 832 g/mol. The second-order valence-corrected chi connectivity index (χ2v) is 18.2. The smallest absolute Gasteiger partial charge is 0.465 e. The van der Waals surface area contributed by atoms with Gasteiger partial charge in [-0.25, -0.2) is 8.96 Å². The van der Waals surface area contributed by atoms with Gasteiger partial charge in [0.1, 0.15) is 36.7 Å². The number of fused-ring (bicyclic) bond motifs is 3. The number of ether oxygens (including phenoxy) is 2. The van der Waals surface area contributed by atoms with E-state index >= 15 is 0 Å². The Balaban J connectivity index is 1.62. The summed E-state index contributed by atoms with van der Waals surface area (Å²) in [5, 5.41) is 5.34. The molecule has 3 aromatic carbocycles. The SMILES string of the molecule is C=CCOP(=O)(OCC=C)Oc1ccc(CC(NC(=O)C(CCC(=O)OC(C)(C)C)CC(=O)OCC2c3ccccc3-c3ccccc32)C(=O)NC(CC(C)C)C(N)=O)cc1CF. The van der Waals surface area contributed by atoms with E-state index in [2.05, 4.69) is 23.8 Å². The molecule has 0 radical (unpaired) electrons. The summed E-state index contributed by atoms with van der Waals surface area (Å²) in [7, 11) is -4.26. The van der Waals surface area contributed by atoms with Crippen LogP contribution in [0.2, 0.25) is 0 Å². The van der Waals surface area contributed by atoms with Gasteiger partial charge in [0, 0.05) is 30.2 Å². The van der Waals surface area contributed by atoms with Gasteiger partial charge in [0.2, 0.25) is 17.7 Å². The van der Waals surface area contributed by atoms with Crippen LogP contribution in [-0.4, -0.2) is 67.2 Å². The number of carbonyl (C=O) groups excluding carboxylic acids is 5. The third-order valence-corrected chi connectivity index (χ3v) is 11.2. The maximum Gasteiger partial charge on any atom is 0.530 e. The second-order valence-electron chi connectivity index (χ2n) is 16.6. The maximum absolute atomic E-state index is 14.6. The molecule has 16 heteroatoms. The number of phosphoric ester groups is 1. The van der Waals surface area contributed by atoms with Crippen LogP contribution in [0.4, 0.5) is 4.39 Å². The van der Waals surface area contributed by atoms with E-state index in [1.54, 1.807) is 20.8 Å². The summed E-state index contributed by atoms with van der Waals surface area (Å²) in [5.74, 6) is -5.30. The molecule has 1 aliphatic rings. The maximum atomic E-state index is 14.6. The number of nitrogens with one attached hydrogen (secondary N) is 2. The van der Waals surface area contributed by atoms with Gasteiger partial charge in [-0.1, -0.05) is 80.6 Å². The van der Waals surface area contributed by atoms with E-state index in [0.29, 0.717) is 5.56 Å². The minimum Gasteiger partial charge on any atom is -0.465 e. The molecule has 14 nitrogen and oxygen atoms in total. The predicted octanol–water partition coefficient (Wildman–Crippen LogP) is 7.58. The number of hydrogen-bond donors (Lipinski definition) is 3. The molecule has 0 saturated heterocycles. The monoisotopic (exact) mass is 891 g/mol. The second kappa shape index (κ2) is 23.2. The summed E-state index contributed by atoms with van der Waals surface area (Å²) in [6.45, 7) is 14.3. The van der Waals surface area contributed by atoms with Gasteiger partial charge in [0.05, 0.1) is 19.6 Å². The fourth-order valence-corrected chi connectivity index (χ4v) is 8.24. The Kier molecular flexibility index (Phi) is 18.4. The number of rotatable bonds is 25. The number of phosphoric acid groups is 1. The first-order chi connectivity index (χ1) is 29.9. The first kappa shape index (κ1) is 50.0. The fourth-order valence-electron chi connectivity index (χ4n) is 7.06. The summed E-state index contributed by atoms with van der Waals surface area (Å²) >= 11 is 0. The van der Waals surface area contributed by atoms with E-state index in [4.69, 9.17) is 28.8 Å². The van der Waals surface area contributed by atoms with E-state index in [1.165, 1.54) is 30.4 Å². The standard InChI is InChI=1S/C47H59FN3O11P/c1-8-22-59-63(57,60-23-9-2)62-41-20-18-31(25-33(41)28-48)26-40(46(56)50-39(44(49)54)24-30(3)4)51-45(55)32(19-21-42(52)61-47(5,6)7)27-43(53)58-29-38-36-16-12-10-14-34(36)35-15-11-13-17-37(35)38/h8-18,20,25,30,32,38-40H,1-2,19,21-24,26-29H2,3-7H3,(H2,49,54)(H,50,56)(H,51,55). The summed E-state index contributed by atoms with van der Waals surface area (Å²) in [6.07, 6.45) is 1.78. The van der Waals surface area contributed by atoms with Gasteiger partial charge in [-0.2, -0.15) is 0 Å². The van der Waals surface area contributed by atoms with Crippen molar-refractivity contribution < 1.29 is 56.0 Å². The van der Waals surface area contributed by atoms with E-state index < -0.39 is 74.2 Å². The molecule has 0 aromatic heterocycles. The van der Waals surface area contributed by atoms with Crippen LogP contribution < -0.4 is 20.9 Å². The van der Waals surface area contributed by atoms with Crippen LogP contribution in [0, 0.1) is 11.8 Å². The van der Waals surface area contributed by atoms with Crippen molar-refractivity contribution in [3.05, 3.63) is 114 Å². The van der Waals surface area contributed by atoms with Crippen LogP contribution >= 0.6 is 7.82 Å². The molecule has 0 bridgehead atoms. The van der Waals surface area contributed by atoms with Gasteiger partial charge in [0.15, 0.2) is 0 Å². The highest BCUT2D eigenvalue weighted by atomic mass is 31.2. The number of esters is 2. The third-order valence-electron chi connectivity index (χ3n) is 9.89. The van der Waals surface area contributed by atoms with Gasteiger partial charge >= 0.3 is 19.8 Å². The molecule has 0 spiro atoms. The van der Waals surface area contributed by atoms with Gasteiger partial charge in [-0.15, -0.1) is 13.2 Å². The molecule has 0 saturated carbocycles. The lowest BCUT2D eigenvalue weighted by Gasteiger charge is -2.25. The van der Waals surface area contributed by atoms with Crippen LogP contribution in [-0.2, 0) is 60.2 Å². The number of amides is 3. The zero-order chi connectivity index (χ0) is 46.3. The van der Waals surface area contributed by atoms with Crippen LogP contribution in [0.3, 0.4) is 0 Å². The van der Waals surface area contributed by atoms with Gasteiger partial charge in [-0.3, -0.25) is 33.0 Å². The first-order valence-corrected chi connectivity index (χ1v) is 22.3. The Morgan fingerprint density at radius 2 is 1.44 bits per heavy atom. The zero-order valence-electron chi connectivity index (χ0n) is 36.6. The van der Waals surface area contributed by atoms with Crippen molar-refractivity contribution in [2.45, 2.75) is 97.0 Å². The molecule has 1 aliphatic carbocycles. The van der Waals surface area contributed by atoms with E-state index in [1.807, 2.05) is 62.4 Å². The van der Waals surface area contributed by atoms with Crippen LogP contribution in [0.5, 0.6) is 5.75 Å². The lowest BCUT2D eigenvalue weighted by Crippen LogP contribution is -2.54. The molecule has 3 unspecified atom stereocenters. The topological polar surface area (TPSA) is 199 Å². The minimum absolute atomic E-state index is 0.00448. The number of carbonyl (C=O) groups is 5. The largest absolute Gasteiger partial charge is 0.530 e. The first-order valence-electron chi connectivity index (χ1n) is 20.8. The summed E-state index contributed by atoms with van der Waals surface area (Å²) in [6, 6.07) is 17.3. The molecule has 4 rings (SSSR count). The fraction of sp³-hybridized carbons (Fsp3) is 0.426. The number of alkyl halides is 1. The number of nitrogens with two attached hydrogens (primary N) is 1. The normalized spacial score (nSPS) is 13.8. The minimum atomic E-state index is -4.26. The Morgan fingerprint density at radius 3 is 1.98 bits per heavy atom. The average Bonchev–Trinajstić information content (AvgIpc) is 3.55. The summed E-state index contributed by atoms with van der Waals surface area (Å²) < 4.78 is 55.2. The number of primary amides is 1. The Labute approximate surface area is 368 Å². The highest BCUT2D eigenvalue weighted by Crippen LogP contribution is 2.50. The number of benzene rings is 3. The molecule has 3 aromatic rings. The molecule has 0 fully saturated rings. The van der Waals surface area contributed by atoms with Gasteiger partial charge in [-0.05, 0) is 79.5 Å². The van der Waals surface area contributed by atoms with Crippen molar-refractivity contribution in [1.29, 1.82) is 0 Å². The lowest BCUT2D eigenvalue weighted by molar-refractivity contribution is -0.156. The molecule has 3 amide bonds. The third kappa shape index (κ3) is 15.0. The van der Waals surface area contributed by atoms with E-state index in [9.17, 15) is 32.9 Å². The quantitative estimate of drug-likeness (QED) is 0.0431. The Bertz CT molecular complexity index is 2110. The van der Waals surface area contributed by atoms with E-state index in [0.717, 1.165) is 22.3 Å². The Morgan fingerprint density at radius 1 is 0.857 bits per heavy atom. The van der Waals surface area contributed by atoms with Crippen molar-refractivity contribution in [1.82, 2.24) is 10.6 Å². The Hall–Kier alpha value is -5.63. The molecule has 0 aliphatic heterocycles. The van der Waals surface area contributed by atoms with Crippen molar-refractivity contribution >= 4 is 37.5 Å². The van der Waals surface area contributed by atoms with Crippen LogP contribution in [0.25, 0.3) is 11.1 Å². The van der Waals surface area contributed by atoms with Crippen LogP contribution in [0.1, 0.15) is 88.5 Å². The molecule has 4 N–H and O–H groups in total. The van der Waals surface area contributed by atoms with Crippen molar-refractivity contribution in [2.24, 2.45) is 17.6 Å². The summed E-state index contributed by atoms with van der Waals surface area (Å²) in [4.78, 5) is 67.2. The van der Waals surface area contributed by atoms with E-state index in [-0.39, 0.29) is 68.7 Å². The zero-order valence-corrected chi connectivity index (χ0v) is 37.5.